The Labute approximate surface area is 147 Å². The zero-order chi connectivity index (χ0) is 17.1. The summed E-state index contributed by atoms with van der Waals surface area (Å²) in [6.45, 7) is 1.28. The molecule has 1 aliphatic heterocycles. The highest BCUT2D eigenvalue weighted by Crippen LogP contribution is 2.24. The predicted octanol–water partition coefficient (Wildman–Crippen LogP) is 4.75. The van der Waals surface area contributed by atoms with Crippen LogP contribution in [-0.2, 0) is 4.74 Å². The molecule has 4 rings (SSSR count). The van der Waals surface area contributed by atoms with Gasteiger partial charge in [-0.3, -0.25) is 5.01 Å². The number of ether oxygens (including phenoxy) is 1. The molecule has 3 heteroatoms. The Morgan fingerprint density at radius 2 is 1.72 bits per heavy atom. The van der Waals surface area contributed by atoms with Crippen molar-refractivity contribution in [3.8, 4) is 0 Å². The van der Waals surface area contributed by atoms with Crippen LogP contribution in [0.3, 0.4) is 0 Å². The largest absolute Gasteiger partial charge is 0.378 e. The first-order valence-electron chi connectivity index (χ1n) is 8.42. The van der Waals surface area contributed by atoms with Crippen LogP contribution in [0.2, 0.25) is 0 Å². The lowest BCUT2D eigenvalue weighted by molar-refractivity contribution is 0.245. The van der Waals surface area contributed by atoms with Gasteiger partial charge in [0.1, 0.15) is 0 Å². The number of hydrogen-bond acceptors (Lipinski definition) is 3. The predicted molar refractivity (Wildman–Crippen MR) is 105 cm³/mol. The normalized spacial score (nSPS) is 15.8. The lowest BCUT2D eigenvalue weighted by Gasteiger charge is -2.13. The molecule has 0 saturated heterocycles. The third-order valence-corrected chi connectivity index (χ3v) is 4.38. The highest BCUT2D eigenvalue weighted by Gasteiger charge is 2.21. The minimum atomic E-state index is 0.517. The molecule has 0 unspecified atom stereocenters. The lowest BCUT2D eigenvalue weighted by Crippen LogP contribution is -2.13. The van der Waals surface area contributed by atoms with Crippen molar-refractivity contribution in [2.45, 2.75) is 0 Å². The Kier molecular flexibility index (Phi) is 4.32. The highest BCUT2D eigenvalue weighted by molar-refractivity contribution is 6.08. The van der Waals surface area contributed by atoms with Crippen LogP contribution in [0.25, 0.3) is 16.8 Å². The number of rotatable bonds is 4. The first kappa shape index (κ1) is 15.6. The van der Waals surface area contributed by atoms with Crippen molar-refractivity contribution in [2.24, 2.45) is 5.10 Å². The van der Waals surface area contributed by atoms with Crippen LogP contribution in [0, 0.1) is 0 Å². The first-order chi connectivity index (χ1) is 12.3. The summed E-state index contributed by atoms with van der Waals surface area (Å²) in [5.74, 6) is 0. The molecule has 1 heterocycles. The summed E-state index contributed by atoms with van der Waals surface area (Å²) < 4.78 is 5.35. The van der Waals surface area contributed by atoms with E-state index >= 15 is 0 Å². The summed E-state index contributed by atoms with van der Waals surface area (Å²) in [6, 6.07) is 25.2. The zero-order valence-electron chi connectivity index (χ0n) is 14.2. The molecule has 3 aromatic carbocycles. The molecule has 1 aliphatic rings. The third kappa shape index (κ3) is 3.32. The Hall–Kier alpha value is -2.91. The molecule has 0 bridgehead atoms. The van der Waals surface area contributed by atoms with E-state index in [4.69, 9.17) is 9.84 Å². The SMILES string of the molecule is COCC1=NN(c2ccccc2)C/C1=C\c1ccc2ccccc2c1. The Bertz CT molecular complexity index is 944. The van der Waals surface area contributed by atoms with Crippen LogP contribution in [0.15, 0.2) is 83.5 Å². The molecule has 0 N–H and O–H groups in total. The summed E-state index contributed by atoms with van der Waals surface area (Å²) >= 11 is 0. The Balaban J connectivity index is 1.67. The molecular weight excluding hydrogens is 308 g/mol. The summed E-state index contributed by atoms with van der Waals surface area (Å²) in [5.41, 5.74) is 4.46. The van der Waals surface area contributed by atoms with Gasteiger partial charge >= 0.3 is 0 Å². The number of benzene rings is 3. The second-order valence-electron chi connectivity index (χ2n) is 6.15. The van der Waals surface area contributed by atoms with Gasteiger partial charge in [0.15, 0.2) is 0 Å². The van der Waals surface area contributed by atoms with E-state index in [2.05, 4.69) is 60.7 Å². The van der Waals surface area contributed by atoms with Gasteiger partial charge in [-0.2, -0.15) is 5.10 Å². The highest BCUT2D eigenvalue weighted by atomic mass is 16.5. The molecule has 0 amide bonds. The van der Waals surface area contributed by atoms with Crippen LogP contribution in [0.5, 0.6) is 0 Å². The van der Waals surface area contributed by atoms with E-state index in [-0.39, 0.29) is 0 Å². The minimum absolute atomic E-state index is 0.517. The standard InChI is InChI=1S/C22H20N2O/c1-25-16-22-20(15-24(23-22)21-9-3-2-4-10-21)14-17-11-12-18-7-5-6-8-19(18)13-17/h2-14H,15-16H2,1H3/b20-14+. The second kappa shape index (κ2) is 6.91. The van der Waals surface area contributed by atoms with E-state index in [1.807, 2.05) is 23.2 Å². The zero-order valence-corrected chi connectivity index (χ0v) is 14.2. The van der Waals surface area contributed by atoms with Crippen LogP contribution >= 0.6 is 0 Å². The minimum Gasteiger partial charge on any atom is -0.378 e. The summed E-state index contributed by atoms with van der Waals surface area (Å²) in [5, 5.41) is 9.28. The van der Waals surface area contributed by atoms with Crippen molar-refractivity contribution in [3.63, 3.8) is 0 Å². The maximum absolute atomic E-state index is 5.35. The summed E-state index contributed by atoms with van der Waals surface area (Å²) in [7, 11) is 1.71. The summed E-state index contributed by atoms with van der Waals surface area (Å²) in [6.07, 6.45) is 2.22. The number of para-hydroxylation sites is 1. The Morgan fingerprint density at radius 1 is 0.960 bits per heavy atom. The number of hydrogen-bond donors (Lipinski definition) is 0. The quantitative estimate of drug-likeness (QED) is 0.690. The molecule has 0 aromatic heterocycles. The van der Waals surface area contributed by atoms with Gasteiger partial charge in [-0.15, -0.1) is 0 Å². The van der Waals surface area contributed by atoms with E-state index < -0.39 is 0 Å². The van der Waals surface area contributed by atoms with Gasteiger partial charge in [-0.25, -0.2) is 0 Å². The molecule has 3 nitrogen and oxygen atoms in total. The van der Waals surface area contributed by atoms with Gasteiger partial charge in [0.05, 0.1) is 24.6 Å². The topological polar surface area (TPSA) is 24.8 Å². The van der Waals surface area contributed by atoms with E-state index in [9.17, 15) is 0 Å². The molecule has 0 spiro atoms. The smallest absolute Gasteiger partial charge is 0.0917 e. The maximum atomic E-state index is 5.35. The molecule has 0 fully saturated rings. The van der Waals surface area contributed by atoms with E-state index in [1.54, 1.807) is 7.11 Å². The molecule has 3 aromatic rings. The molecule has 0 atom stereocenters. The fourth-order valence-corrected chi connectivity index (χ4v) is 3.13. The van der Waals surface area contributed by atoms with Crippen LogP contribution < -0.4 is 5.01 Å². The maximum Gasteiger partial charge on any atom is 0.0917 e. The fourth-order valence-electron chi connectivity index (χ4n) is 3.13. The van der Waals surface area contributed by atoms with Crippen molar-refractivity contribution in [2.75, 3.05) is 25.3 Å². The van der Waals surface area contributed by atoms with E-state index in [1.165, 1.54) is 21.9 Å². The molecular formula is C22H20N2O. The van der Waals surface area contributed by atoms with Crippen molar-refractivity contribution in [1.82, 2.24) is 0 Å². The van der Waals surface area contributed by atoms with Gasteiger partial charge in [0.25, 0.3) is 0 Å². The van der Waals surface area contributed by atoms with Crippen molar-refractivity contribution >= 4 is 28.2 Å². The number of nitrogens with zero attached hydrogens (tertiary/aromatic N) is 2. The monoisotopic (exact) mass is 328 g/mol. The molecule has 0 radical (unpaired) electrons. The number of methoxy groups -OCH3 is 1. The van der Waals surface area contributed by atoms with Gasteiger partial charge in [-0.1, -0.05) is 54.6 Å². The summed E-state index contributed by atoms with van der Waals surface area (Å²) in [4.78, 5) is 0. The molecule has 0 aliphatic carbocycles. The van der Waals surface area contributed by atoms with Crippen LogP contribution in [0.1, 0.15) is 5.56 Å². The van der Waals surface area contributed by atoms with Gasteiger partial charge in [0, 0.05) is 7.11 Å². The van der Waals surface area contributed by atoms with Crippen molar-refractivity contribution < 1.29 is 4.74 Å². The van der Waals surface area contributed by atoms with E-state index in [0.29, 0.717) is 6.61 Å². The number of anilines is 1. The van der Waals surface area contributed by atoms with E-state index in [0.717, 1.165) is 17.9 Å². The average Bonchev–Trinajstić information content (AvgIpc) is 3.05. The fraction of sp³-hybridized carbons (Fsp3) is 0.136. The first-order valence-corrected chi connectivity index (χ1v) is 8.42. The van der Waals surface area contributed by atoms with Crippen molar-refractivity contribution in [1.29, 1.82) is 0 Å². The van der Waals surface area contributed by atoms with Gasteiger partial charge in [-0.05, 0) is 46.2 Å². The molecule has 0 saturated carbocycles. The molecule has 124 valence electrons. The van der Waals surface area contributed by atoms with Gasteiger partial charge < -0.3 is 4.74 Å². The average molecular weight is 328 g/mol. The van der Waals surface area contributed by atoms with Gasteiger partial charge in [0.2, 0.25) is 0 Å². The second-order valence-corrected chi connectivity index (χ2v) is 6.15. The van der Waals surface area contributed by atoms with Crippen molar-refractivity contribution in [3.05, 3.63) is 83.9 Å². The number of fused-ring (bicyclic) bond motifs is 1. The Morgan fingerprint density at radius 3 is 2.52 bits per heavy atom. The lowest BCUT2D eigenvalue weighted by atomic mass is 10.0. The third-order valence-electron chi connectivity index (χ3n) is 4.38. The number of hydrazone groups is 1. The van der Waals surface area contributed by atoms with Crippen LogP contribution in [-0.4, -0.2) is 26.0 Å². The van der Waals surface area contributed by atoms with Crippen LogP contribution in [0.4, 0.5) is 5.69 Å². The molecule has 25 heavy (non-hydrogen) atoms.